The van der Waals surface area contributed by atoms with E-state index in [0.717, 1.165) is 66.8 Å². The van der Waals surface area contributed by atoms with E-state index in [2.05, 4.69) is 31.3 Å². The summed E-state index contributed by atoms with van der Waals surface area (Å²) in [5, 5.41) is 20.8. The number of hydrogen-bond acceptors (Lipinski definition) is 5. The molecule has 5 heteroatoms. The molecule has 0 atom stereocenters. The van der Waals surface area contributed by atoms with Crippen LogP contribution in [0.2, 0.25) is 0 Å². The van der Waals surface area contributed by atoms with E-state index < -0.39 is 0 Å². The maximum absolute atomic E-state index is 8.86. The van der Waals surface area contributed by atoms with Crippen molar-refractivity contribution in [1.82, 2.24) is 5.32 Å². The Hall–Kier alpha value is -2.08. The van der Waals surface area contributed by atoms with Crippen LogP contribution in [0.25, 0.3) is 11.1 Å². The van der Waals surface area contributed by atoms with Gasteiger partial charge in [-0.3, -0.25) is 0 Å². The molecule has 0 saturated carbocycles. The van der Waals surface area contributed by atoms with Crippen LogP contribution in [0.4, 0.5) is 0 Å². The third-order valence-electron chi connectivity index (χ3n) is 5.21. The summed E-state index contributed by atoms with van der Waals surface area (Å²) in [6.07, 6.45) is 4.88. The number of benzene rings is 2. The molecule has 3 N–H and O–H groups in total. The normalized spacial score (nSPS) is 10.9. The fraction of sp³-hybridized carbons (Fsp3) is 0.520. The van der Waals surface area contributed by atoms with Crippen LogP contribution in [-0.4, -0.2) is 49.7 Å². The molecule has 0 saturated heterocycles. The molecule has 0 aromatic heterocycles. The van der Waals surface area contributed by atoms with Gasteiger partial charge in [0.2, 0.25) is 0 Å². The molecule has 0 radical (unpaired) electrons. The fourth-order valence-corrected chi connectivity index (χ4v) is 3.46. The van der Waals surface area contributed by atoms with Crippen LogP contribution < -0.4 is 14.8 Å². The molecule has 0 amide bonds. The number of rotatable bonds is 15. The molecule has 0 bridgehead atoms. The molecule has 5 nitrogen and oxygen atoms in total. The lowest BCUT2D eigenvalue weighted by Gasteiger charge is -2.17. The largest absolute Gasteiger partial charge is 0.493 e. The van der Waals surface area contributed by atoms with Crippen molar-refractivity contribution in [3.63, 3.8) is 0 Å². The van der Waals surface area contributed by atoms with Crippen LogP contribution in [0.1, 0.15) is 43.2 Å². The standard InChI is InChI=1S/C25H37NO4/c1-20-22(10-7-12-24(20)29-18-6-4-3-5-16-27)23-11-8-13-25(21(23)2)30-19-9-14-26-15-17-28/h7-8,10-13,26-28H,3-6,9,14-19H2,1-2H3. The molecule has 2 aromatic rings. The van der Waals surface area contributed by atoms with Crippen LogP contribution in [0.5, 0.6) is 11.5 Å². The highest BCUT2D eigenvalue weighted by Crippen LogP contribution is 2.35. The van der Waals surface area contributed by atoms with Gasteiger partial charge >= 0.3 is 0 Å². The summed E-state index contributed by atoms with van der Waals surface area (Å²) in [4.78, 5) is 0. The first kappa shape index (κ1) is 24.2. The lowest BCUT2D eigenvalue weighted by molar-refractivity contribution is 0.273. The Morgan fingerprint density at radius 3 is 1.80 bits per heavy atom. The van der Waals surface area contributed by atoms with E-state index >= 15 is 0 Å². The Kier molecular flexibility index (Phi) is 11.3. The van der Waals surface area contributed by atoms with Crippen LogP contribution in [0.15, 0.2) is 36.4 Å². The molecule has 0 spiro atoms. The second kappa shape index (κ2) is 14.0. The minimum Gasteiger partial charge on any atom is -0.493 e. The van der Waals surface area contributed by atoms with E-state index in [1.165, 1.54) is 5.56 Å². The predicted molar refractivity (Wildman–Crippen MR) is 122 cm³/mol. The van der Waals surface area contributed by atoms with Gasteiger partial charge in [-0.25, -0.2) is 0 Å². The fourth-order valence-electron chi connectivity index (χ4n) is 3.46. The Bertz CT molecular complexity index is 684. The van der Waals surface area contributed by atoms with Crippen molar-refractivity contribution < 1.29 is 19.7 Å². The summed E-state index contributed by atoms with van der Waals surface area (Å²) < 4.78 is 12.1. The highest BCUT2D eigenvalue weighted by molar-refractivity contribution is 5.74. The number of ether oxygens (including phenoxy) is 2. The maximum atomic E-state index is 8.86. The third-order valence-corrected chi connectivity index (χ3v) is 5.21. The van der Waals surface area contributed by atoms with Gasteiger partial charge in [-0.1, -0.05) is 30.7 Å². The first-order chi connectivity index (χ1) is 14.7. The van der Waals surface area contributed by atoms with E-state index in [1.54, 1.807) is 0 Å². The van der Waals surface area contributed by atoms with Gasteiger partial charge in [-0.2, -0.15) is 0 Å². The first-order valence-corrected chi connectivity index (χ1v) is 11.1. The van der Waals surface area contributed by atoms with Gasteiger partial charge < -0.3 is 25.0 Å². The summed E-state index contributed by atoms with van der Waals surface area (Å²) in [7, 11) is 0. The smallest absolute Gasteiger partial charge is 0.122 e. The van der Waals surface area contributed by atoms with Gasteiger partial charge in [0, 0.05) is 13.2 Å². The summed E-state index contributed by atoms with van der Waals surface area (Å²) in [6.45, 7) is 7.42. The monoisotopic (exact) mass is 415 g/mol. The first-order valence-electron chi connectivity index (χ1n) is 11.1. The number of aliphatic hydroxyl groups excluding tert-OH is 2. The predicted octanol–water partition coefficient (Wildman–Crippen LogP) is 4.25. The van der Waals surface area contributed by atoms with E-state index in [4.69, 9.17) is 19.7 Å². The van der Waals surface area contributed by atoms with Gasteiger partial charge in [-0.05, 0) is 80.5 Å². The van der Waals surface area contributed by atoms with E-state index in [-0.39, 0.29) is 13.2 Å². The average molecular weight is 416 g/mol. The van der Waals surface area contributed by atoms with Crippen molar-refractivity contribution in [2.24, 2.45) is 0 Å². The van der Waals surface area contributed by atoms with Gasteiger partial charge in [-0.15, -0.1) is 0 Å². The molecule has 2 aromatic carbocycles. The van der Waals surface area contributed by atoms with Gasteiger partial charge in [0.15, 0.2) is 0 Å². The Balaban J connectivity index is 1.99. The SMILES string of the molecule is Cc1c(OCCCCCCO)cccc1-c1cccc(OCCCNCCO)c1C. The van der Waals surface area contributed by atoms with Gasteiger partial charge in [0.1, 0.15) is 11.5 Å². The quantitative estimate of drug-likeness (QED) is 0.379. The van der Waals surface area contributed by atoms with Crippen molar-refractivity contribution in [3.05, 3.63) is 47.5 Å². The molecule has 30 heavy (non-hydrogen) atoms. The molecule has 0 heterocycles. The number of aliphatic hydroxyl groups is 2. The lowest BCUT2D eigenvalue weighted by atomic mass is 9.95. The van der Waals surface area contributed by atoms with Crippen molar-refractivity contribution in [2.45, 2.75) is 46.0 Å². The minimum atomic E-state index is 0.161. The second-order valence-electron chi connectivity index (χ2n) is 7.52. The molecular weight excluding hydrogens is 378 g/mol. The molecular formula is C25H37NO4. The van der Waals surface area contributed by atoms with Crippen LogP contribution >= 0.6 is 0 Å². The number of unbranched alkanes of at least 4 members (excludes halogenated alkanes) is 3. The molecule has 0 unspecified atom stereocenters. The van der Waals surface area contributed by atoms with Crippen molar-refractivity contribution >= 4 is 0 Å². The summed E-state index contributed by atoms with van der Waals surface area (Å²) in [5.41, 5.74) is 4.60. The van der Waals surface area contributed by atoms with Crippen LogP contribution in [-0.2, 0) is 0 Å². The molecule has 2 rings (SSSR count). The number of hydrogen-bond donors (Lipinski definition) is 3. The Morgan fingerprint density at radius 1 is 0.667 bits per heavy atom. The zero-order chi connectivity index (χ0) is 21.6. The Labute approximate surface area is 181 Å². The maximum Gasteiger partial charge on any atom is 0.122 e. The zero-order valence-corrected chi connectivity index (χ0v) is 18.5. The van der Waals surface area contributed by atoms with Gasteiger partial charge in [0.25, 0.3) is 0 Å². The van der Waals surface area contributed by atoms with E-state index in [1.807, 2.05) is 24.3 Å². The Morgan fingerprint density at radius 2 is 1.23 bits per heavy atom. The molecule has 0 aliphatic rings. The summed E-state index contributed by atoms with van der Waals surface area (Å²) in [5.74, 6) is 1.83. The second-order valence-corrected chi connectivity index (χ2v) is 7.52. The van der Waals surface area contributed by atoms with E-state index in [0.29, 0.717) is 19.8 Å². The molecule has 0 aliphatic heterocycles. The highest BCUT2D eigenvalue weighted by atomic mass is 16.5. The van der Waals surface area contributed by atoms with Crippen molar-refractivity contribution in [1.29, 1.82) is 0 Å². The van der Waals surface area contributed by atoms with Crippen LogP contribution in [0, 0.1) is 13.8 Å². The highest BCUT2D eigenvalue weighted by Gasteiger charge is 2.12. The number of nitrogens with one attached hydrogen (secondary N) is 1. The minimum absolute atomic E-state index is 0.161. The zero-order valence-electron chi connectivity index (χ0n) is 18.5. The lowest BCUT2D eigenvalue weighted by Crippen LogP contribution is -2.20. The third kappa shape index (κ3) is 7.63. The van der Waals surface area contributed by atoms with Crippen molar-refractivity contribution in [2.75, 3.05) is 39.5 Å². The van der Waals surface area contributed by atoms with E-state index in [9.17, 15) is 0 Å². The average Bonchev–Trinajstić information content (AvgIpc) is 2.75. The molecule has 0 fully saturated rings. The molecule has 166 valence electrons. The summed E-state index contributed by atoms with van der Waals surface area (Å²) in [6, 6.07) is 12.4. The molecule has 0 aliphatic carbocycles. The summed E-state index contributed by atoms with van der Waals surface area (Å²) >= 11 is 0. The van der Waals surface area contributed by atoms with Gasteiger partial charge in [0.05, 0.1) is 19.8 Å². The topological polar surface area (TPSA) is 71.0 Å². The van der Waals surface area contributed by atoms with Crippen molar-refractivity contribution in [3.8, 4) is 22.6 Å². The van der Waals surface area contributed by atoms with Crippen LogP contribution in [0.3, 0.4) is 0 Å².